The van der Waals surface area contributed by atoms with E-state index in [1.54, 1.807) is 6.92 Å². The van der Waals surface area contributed by atoms with Crippen LogP contribution in [0.1, 0.15) is 22.2 Å². The van der Waals surface area contributed by atoms with E-state index in [0.29, 0.717) is 0 Å². The number of carbonyl (C=O) groups is 1. The minimum absolute atomic E-state index is 0.170. The summed E-state index contributed by atoms with van der Waals surface area (Å²) in [6.45, 7) is 2.24. The molecule has 2 aromatic rings. The lowest BCUT2D eigenvalue weighted by molar-refractivity contribution is 0.0692. The molecule has 0 radical (unpaired) electrons. The van der Waals surface area contributed by atoms with Gasteiger partial charge in [0.15, 0.2) is 0 Å². The molecule has 0 saturated heterocycles. The molecule has 21 heavy (non-hydrogen) atoms. The number of hydrogen-bond acceptors (Lipinski definition) is 4. The van der Waals surface area contributed by atoms with Crippen molar-refractivity contribution in [2.45, 2.75) is 18.4 Å². The van der Waals surface area contributed by atoms with Crippen LogP contribution in [-0.4, -0.2) is 30.3 Å². The van der Waals surface area contributed by atoms with E-state index in [0.717, 1.165) is 4.88 Å². The van der Waals surface area contributed by atoms with E-state index in [4.69, 9.17) is 5.11 Å². The monoisotopic (exact) mass is 325 g/mol. The molecule has 5 nitrogen and oxygen atoms in total. The van der Waals surface area contributed by atoms with Gasteiger partial charge < -0.3 is 5.11 Å². The van der Waals surface area contributed by atoms with Crippen LogP contribution in [-0.2, 0) is 16.6 Å². The first-order chi connectivity index (χ1) is 9.96. The number of carboxylic acid groups (broad SMARTS) is 1. The van der Waals surface area contributed by atoms with Crippen molar-refractivity contribution >= 4 is 27.3 Å². The van der Waals surface area contributed by atoms with Crippen molar-refractivity contribution in [3.63, 3.8) is 0 Å². The van der Waals surface area contributed by atoms with E-state index in [9.17, 15) is 13.2 Å². The number of benzene rings is 1. The highest BCUT2D eigenvalue weighted by Crippen LogP contribution is 2.23. The van der Waals surface area contributed by atoms with Gasteiger partial charge in [-0.2, -0.15) is 4.31 Å². The summed E-state index contributed by atoms with van der Waals surface area (Å²) in [6, 6.07) is 9.37. The van der Waals surface area contributed by atoms with Crippen molar-refractivity contribution in [2.24, 2.45) is 0 Å². The van der Waals surface area contributed by atoms with Crippen LogP contribution in [0.4, 0.5) is 0 Å². The van der Waals surface area contributed by atoms with E-state index in [1.165, 1.54) is 39.9 Å². The lowest BCUT2D eigenvalue weighted by atomic mass is 10.2. The summed E-state index contributed by atoms with van der Waals surface area (Å²) in [5.74, 6) is -1.25. The van der Waals surface area contributed by atoms with Gasteiger partial charge in [-0.05, 0) is 23.6 Å². The molecule has 0 aliphatic carbocycles. The lowest BCUT2D eigenvalue weighted by Gasteiger charge is -2.20. The standard InChI is InChI=1S/C14H15NO4S2/c1-2-15(10-11-6-5-9-20-11)21(18,19)13-8-4-3-7-12(13)14(16)17/h3-9H,2,10H2,1H3,(H,16,17). The van der Waals surface area contributed by atoms with Crippen LogP contribution >= 0.6 is 11.3 Å². The molecular formula is C14H15NO4S2. The van der Waals surface area contributed by atoms with E-state index < -0.39 is 16.0 Å². The van der Waals surface area contributed by atoms with E-state index in [-0.39, 0.29) is 23.5 Å². The van der Waals surface area contributed by atoms with Gasteiger partial charge >= 0.3 is 5.97 Å². The number of sulfonamides is 1. The Morgan fingerprint density at radius 2 is 1.95 bits per heavy atom. The van der Waals surface area contributed by atoms with Gasteiger partial charge in [-0.25, -0.2) is 13.2 Å². The van der Waals surface area contributed by atoms with Crippen molar-refractivity contribution < 1.29 is 18.3 Å². The molecule has 1 heterocycles. The molecule has 7 heteroatoms. The molecule has 112 valence electrons. The second-order valence-electron chi connectivity index (χ2n) is 4.31. The Balaban J connectivity index is 2.42. The zero-order valence-electron chi connectivity index (χ0n) is 11.4. The van der Waals surface area contributed by atoms with Gasteiger partial charge in [0, 0.05) is 18.0 Å². The van der Waals surface area contributed by atoms with Gasteiger partial charge in [-0.15, -0.1) is 11.3 Å². The van der Waals surface area contributed by atoms with E-state index in [2.05, 4.69) is 0 Å². The molecule has 0 unspecified atom stereocenters. The number of rotatable bonds is 6. The Bertz CT molecular complexity index is 723. The maximum absolute atomic E-state index is 12.7. The number of thiophene rings is 1. The normalized spacial score (nSPS) is 11.7. The van der Waals surface area contributed by atoms with Gasteiger partial charge in [0.1, 0.15) is 0 Å². The van der Waals surface area contributed by atoms with E-state index >= 15 is 0 Å². The van der Waals surface area contributed by atoms with Gasteiger partial charge in [-0.1, -0.05) is 25.1 Å². The highest BCUT2D eigenvalue weighted by atomic mass is 32.2. The third-order valence-corrected chi connectivity index (χ3v) is 5.84. The molecule has 0 saturated carbocycles. The number of nitrogens with zero attached hydrogens (tertiary/aromatic N) is 1. The van der Waals surface area contributed by atoms with Gasteiger partial charge in [-0.3, -0.25) is 0 Å². The number of hydrogen-bond donors (Lipinski definition) is 1. The third-order valence-electron chi connectivity index (χ3n) is 3.00. The average molecular weight is 325 g/mol. The number of aromatic carboxylic acids is 1. The smallest absolute Gasteiger partial charge is 0.337 e. The fourth-order valence-electron chi connectivity index (χ4n) is 1.95. The summed E-state index contributed by atoms with van der Waals surface area (Å²) >= 11 is 1.47. The quantitative estimate of drug-likeness (QED) is 0.886. The van der Waals surface area contributed by atoms with Crippen LogP contribution in [0.25, 0.3) is 0 Å². The van der Waals surface area contributed by atoms with Crippen LogP contribution < -0.4 is 0 Å². The molecule has 0 aliphatic rings. The Labute approximate surface area is 127 Å². The molecule has 0 aliphatic heterocycles. The molecule has 0 spiro atoms. The fourth-order valence-corrected chi connectivity index (χ4v) is 4.36. The topological polar surface area (TPSA) is 74.7 Å². The molecule has 1 aromatic heterocycles. The summed E-state index contributed by atoms with van der Waals surface area (Å²) in [6.07, 6.45) is 0. The van der Waals surface area contributed by atoms with Crippen LogP contribution in [0.3, 0.4) is 0 Å². The summed E-state index contributed by atoms with van der Waals surface area (Å²) < 4.78 is 26.6. The minimum atomic E-state index is -3.84. The maximum Gasteiger partial charge on any atom is 0.337 e. The van der Waals surface area contributed by atoms with E-state index in [1.807, 2.05) is 17.5 Å². The first-order valence-electron chi connectivity index (χ1n) is 6.31. The zero-order chi connectivity index (χ0) is 15.5. The van der Waals surface area contributed by atoms with Crippen molar-refractivity contribution in [1.82, 2.24) is 4.31 Å². The largest absolute Gasteiger partial charge is 0.478 e. The molecule has 0 atom stereocenters. The molecule has 2 rings (SSSR count). The van der Waals surface area contributed by atoms with Crippen molar-refractivity contribution in [3.8, 4) is 0 Å². The molecule has 0 amide bonds. The van der Waals surface area contributed by atoms with Crippen LogP contribution in [0.2, 0.25) is 0 Å². The third kappa shape index (κ3) is 3.31. The molecule has 0 bridgehead atoms. The Hall–Kier alpha value is -1.70. The second kappa shape index (κ2) is 6.38. The van der Waals surface area contributed by atoms with Crippen molar-refractivity contribution in [2.75, 3.05) is 6.54 Å². The predicted octanol–water partition coefficient (Wildman–Crippen LogP) is 2.66. The van der Waals surface area contributed by atoms with Gasteiger partial charge in [0.25, 0.3) is 0 Å². The zero-order valence-corrected chi connectivity index (χ0v) is 13.0. The summed E-state index contributed by atoms with van der Waals surface area (Å²) in [4.78, 5) is 12.0. The predicted molar refractivity (Wildman–Crippen MR) is 81.0 cm³/mol. The van der Waals surface area contributed by atoms with Crippen molar-refractivity contribution in [3.05, 3.63) is 52.2 Å². The van der Waals surface area contributed by atoms with Gasteiger partial charge in [0.05, 0.1) is 10.5 Å². The minimum Gasteiger partial charge on any atom is -0.478 e. The summed E-state index contributed by atoms with van der Waals surface area (Å²) in [5.41, 5.74) is -0.206. The molecule has 1 aromatic carbocycles. The molecular weight excluding hydrogens is 310 g/mol. The summed E-state index contributed by atoms with van der Waals surface area (Å²) in [7, 11) is -3.84. The van der Waals surface area contributed by atoms with Gasteiger partial charge in [0.2, 0.25) is 10.0 Å². The molecule has 0 fully saturated rings. The van der Waals surface area contributed by atoms with Crippen molar-refractivity contribution in [1.29, 1.82) is 0 Å². The lowest BCUT2D eigenvalue weighted by Crippen LogP contribution is -2.31. The number of carboxylic acids is 1. The average Bonchev–Trinajstić information content (AvgIpc) is 2.97. The first-order valence-corrected chi connectivity index (χ1v) is 8.63. The summed E-state index contributed by atoms with van der Waals surface area (Å²) in [5, 5.41) is 11.0. The highest BCUT2D eigenvalue weighted by molar-refractivity contribution is 7.89. The Kier molecular flexibility index (Phi) is 4.76. The SMILES string of the molecule is CCN(Cc1cccs1)S(=O)(=O)c1ccccc1C(=O)O. The van der Waals surface area contributed by atoms with Crippen LogP contribution in [0.15, 0.2) is 46.7 Å². The first kappa shape index (κ1) is 15.7. The Morgan fingerprint density at radius 3 is 2.52 bits per heavy atom. The highest BCUT2D eigenvalue weighted by Gasteiger charge is 2.28. The maximum atomic E-state index is 12.7. The Morgan fingerprint density at radius 1 is 1.24 bits per heavy atom. The second-order valence-corrected chi connectivity index (χ2v) is 7.25. The van der Waals surface area contributed by atoms with Crippen LogP contribution in [0, 0.1) is 0 Å². The van der Waals surface area contributed by atoms with Crippen LogP contribution in [0.5, 0.6) is 0 Å². The fraction of sp³-hybridized carbons (Fsp3) is 0.214. The molecule has 1 N–H and O–H groups in total.